The molecule has 0 saturated heterocycles. The van der Waals surface area contributed by atoms with Crippen molar-refractivity contribution in [2.24, 2.45) is 5.14 Å². The number of carbonyl (C=O) groups excluding carboxylic acids is 1. The maximum Gasteiger partial charge on any atom is 0.296 e. The summed E-state index contributed by atoms with van der Waals surface area (Å²) < 4.78 is 29.0. The van der Waals surface area contributed by atoms with Crippen LogP contribution in [0.25, 0.3) is 0 Å². The predicted octanol–water partition coefficient (Wildman–Crippen LogP) is 1.16. The van der Waals surface area contributed by atoms with Gasteiger partial charge in [0.2, 0.25) is 0 Å². The molecule has 0 fully saturated rings. The monoisotopic (exact) mass is 310 g/mol. The number of hydrogen-bond donors (Lipinski definition) is 3. The van der Waals surface area contributed by atoms with E-state index in [1.807, 2.05) is 0 Å². The van der Waals surface area contributed by atoms with Gasteiger partial charge in [-0.2, -0.15) is 8.42 Å². The fourth-order valence-electron chi connectivity index (χ4n) is 1.83. The maximum absolute atomic E-state index is 12.1. The molecule has 112 valence electrons. The number of hydrogen-bond acceptors (Lipinski definition) is 5. The van der Waals surface area contributed by atoms with Gasteiger partial charge in [-0.3, -0.25) is 9.52 Å². The smallest absolute Gasteiger partial charge is 0.296 e. The number of nitrogens with two attached hydrogens (primary N) is 1. The van der Waals surface area contributed by atoms with E-state index in [1.165, 1.54) is 12.1 Å². The highest BCUT2D eigenvalue weighted by Gasteiger charge is 2.17. The summed E-state index contributed by atoms with van der Waals surface area (Å²) in [7, 11) is -3.87. The van der Waals surface area contributed by atoms with Gasteiger partial charge in [-0.05, 0) is 32.0 Å². The number of aryl methyl sites for hydroxylation is 2. The molecule has 0 aliphatic carbocycles. The molecule has 1 heterocycles. The number of anilines is 2. The second-order valence-electron chi connectivity index (χ2n) is 4.38. The molecule has 0 unspecified atom stereocenters. The lowest BCUT2D eigenvalue weighted by molar-refractivity contribution is 0.102. The molecule has 0 radical (unpaired) electrons. The van der Waals surface area contributed by atoms with E-state index in [2.05, 4.69) is 15.2 Å². The predicted molar refractivity (Wildman–Crippen MR) is 77.1 cm³/mol. The van der Waals surface area contributed by atoms with E-state index in [0.717, 1.165) is 0 Å². The summed E-state index contributed by atoms with van der Waals surface area (Å²) >= 11 is 0. The van der Waals surface area contributed by atoms with Gasteiger partial charge < -0.3 is 9.84 Å². The molecule has 9 heteroatoms. The molecule has 0 saturated carbocycles. The van der Waals surface area contributed by atoms with Crippen molar-refractivity contribution in [1.29, 1.82) is 0 Å². The summed E-state index contributed by atoms with van der Waals surface area (Å²) in [4.78, 5) is 12.1. The van der Waals surface area contributed by atoms with Gasteiger partial charge in [0.05, 0.1) is 11.4 Å². The average molecular weight is 310 g/mol. The summed E-state index contributed by atoms with van der Waals surface area (Å²) in [6.07, 6.45) is 0. The van der Waals surface area contributed by atoms with E-state index in [9.17, 15) is 13.2 Å². The van der Waals surface area contributed by atoms with Crippen molar-refractivity contribution in [1.82, 2.24) is 5.16 Å². The largest absolute Gasteiger partial charge is 0.361 e. The van der Waals surface area contributed by atoms with Crippen LogP contribution in [0.1, 0.15) is 21.8 Å². The molecule has 1 aromatic carbocycles. The Bertz CT molecular complexity index is 763. The van der Waals surface area contributed by atoms with Gasteiger partial charge in [-0.1, -0.05) is 11.2 Å². The quantitative estimate of drug-likeness (QED) is 0.780. The van der Waals surface area contributed by atoms with Crippen LogP contribution >= 0.6 is 0 Å². The van der Waals surface area contributed by atoms with Gasteiger partial charge in [-0.25, -0.2) is 5.14 Å². The van der Waals surface area contributed by atoms with Gasteiger partial charge >= 0.3 is 0 Å². The molecule has 21 heavy (non-hydrogen) atoms. The third kappa shape index (κ3) is 3.80. The van der Waals surface area contributed by atoms with Crippen molar-refractivity contribution in [2.45, 2.75) is 13.8 Å². The highest BCUT2D eigenvalue weighted by molar-refractivity contribution is 7.90. The Morgan fingerprint density at radius 3 is 2.52 bits per heavy atom. The molecular formula is C12H14N4O4S. The molecule has 0 aliphatic heterocycles. The van der Waals surface area contributed by atoms with Gasteiger partial charge in [-0.15, -0.1) is 0 Å². The first kappa shape index (κ1) is 15.0. The lowest BCUT2D eigenvalue weighted by Crippen LogP contribution is -2.21. The topological polar surface area (TPSA) is 127 Å². The first-order valence-electron chi connectivity index (χ1n) is 5.91. The first-order chi connectivity index (χ1) is 9.76. The summed E-state index contributed by atoms with van der Waals surface area (Å²) in [5, 5.41) is 11.2. The molecule has 2 aromatic rings. The Labute approximate surface area is 121 Å². The lowest BCUT2D eigenvalue weighted by Gasteiger charge is -2.08. The zero-order valence-electron chi connectivity index (χ0n) is 11.4. The highest BCUT2D eigenvalue weighted by atomic mass is 32.2. The fraction of sp³-hybridized carbons (Fsp3) is 0.167. The minimum Gasteiger partial charge on any atom is -0.361 e. The van der Waals surface area contributed by atoms with Crippen LogP contribution in [0.5, 0.6) is 0 Å². The van der Waals surface area contributed by atoms with Crippen LogP contribution < -0.4 is 15.2 Å². The summed E-state index contributed by atoms with van der Waals surface area (Å²) in [6.45, 7) is 3.29. The SMILES string of the molecule is Cc1noc(C)c1C(=O)Nc1cccc(NS(N)(=O)=O)c1. The van der Waals surface area contributed by atoms with Gasteiger partial charge in [0.1, 0.15) is 11.3 Å². The standard InChI is InChI=1S/C12H14N4O4S/c1-7-11(8(2)20-15-7)12(17)14-9-4-3-5-10(6-9)16-21(13,18)19/h3-6,16H,1-2H3,(H,14,17)(H2,13,18,19). The van der Waals surface area contributed by atoms with E-state index in [-0.39, 0.29) is 11.6 Å². The third-order valence-corrected chi connectivity index (χ3v) is 3.16. The highest BCUT2D eigenvalue weighted by Crippen LogP contribution is 2.18. The summed E-state index contributed by atoms with van der Waals surface area (Å²) in [5.74, 6) is 0.0165. The number of amides is 1. The minimum atomic E-state index is -3.87. The van der Waals surface area contributed by atoms with E-state index in [4.69, 9.17) is 9.66 Å². The fourth-order valence-corrected chi connectivity index (χ4v) is 2.28. The van der Waals surface area contributed by atoms with Crippen molar-refractivity contribution >= 4 is 27.5 Å². The molecule has 1 aromatic heterocycles. The minimum absolute atomic E-state index is 0.245. The number of rotatable bonds is 4. The normalized spacial score (nSPS) is 11.2. The molecule has 0 aliphatic rings. The first-order valence-corrected chi connectivity index (χ1v) is 7.46. The Kier molecular flexibility index (Phi) is 3.96. The maximum atomic E-state index is 12.1. The zero-order chi connectivity index (χ0) is 15.6. The van der Waals surface area contributed by atoms with Crippen LogP contribution in [-0.4, -0.2) is 19.5 Å². The van der Waals surface area contributed by atoms with Crippen LogP contribution in [-0.2, 0) is 10.2 Å². The summed E-state index contributed by atoms with van der Waals surface area (Å²) in [6, 6.07) is 6.15. The van der Waals surface area contributed by atoms with Crippen LogP contribution in [0.2, 0.25) is 0 Å². The Hall–Kier alpha value is -2.39. The molecule has 4 N–H and O–H groups in total. The van der Waals surface area contributed by atoms with Gasteiger partial charge in [0, 0.05) is 5.69 Å². The number of nitrogens with zero attached hydrogens (tertiary/aromatic N) is 1. The molecule has 0 bridgehead atoms. The third-order valence-electron chi connectivity index (χ3n) is 2.64. The van der Waals surface area contributed by atoms with Crippen molar-refractivity contribution in [3.05, 3.63) is 41.3 Å². The van der Waals surface area contributed by atoms with Crippen LogP contribution in [0, 0.1) is 13.8 Å². The van der Waals surface area contributed by atoms with Crippen LogP contribution in [0.4, 0.5) is 11.4 Å². The number of nitrogens with one attached hydrogen (secondary N) is 2. The Morgan fingerprint density at radius 2 is 1.95 bits per heavy atom. The van der Waals surface area contributed by atoms with E-state index < -0.39 is 10.2 Å². The van der Waals surface area contributed by atoms with E-state index in [0.29, 0.717) is 22.7 Å². The molecule has 2 rings (SSSR count). The van der Waals surface area contributed by atoms with E-state index >= 15 is 0 Å². The zero-order valence-corrected chi connectivity index (χ0v) is 12.2. The second kappa shape index (κ2) is 5.54. The lowest BCUT2D eigenvalue weighted by atomic mass is 10.2. The van der Waals surface area contributed by atoms with Gasteiger partial charge in [0.15, 0.2) is 0 Å². The number of benzene rings is 1. The van der Waals surface area contributed by atoms with Crippen molar-refractivity contribution in [3.63, 3.8) is 0 Å². The molecule has 1 amide bonds. The summed E-state index contributed by atoms with van der Waals surface area (Å²) in [5.41, 5.74) is 1.48. The van der Waals surface area contributed by atoms with Crippen molar-refractivity contribution in [3.8, 4) is 0 Å². The number of aromatic nitrogens is 1. The van der Waals surface area contributed by atoms with Crippen LogP contribution in [0.15, 0.2) is 28.8 Å². The van der Waals surface area contributed by atoms with Crippen molar-refractivity contribution < 1.29 is 17.7 Å². The Morgan fingerprint density at radius 1 is 1.29 bits per heavy atom. The second-order valence-corrected chi connectivity index (χ2v) is 5.68. The van der Waals surface area contributed by atoms with E-state index in [1.54, 1.807) is 26.0 Å². The van der Waals surface area contributed by atoms with Gasteiger partial charge in [0.25, 0.3) is 16.1 Å². The van der Waals surface area contributed by atoms with Crippen LogP contribution in [0.3, 0.4) is 0 Å². The molecule has 8 nitrogen and oxygen atoms in total. The molecule has 0 spiro atoms. The molecular weight excluding hydrogens is 296 g/mol. The average Bonchev–Trinajstić information content (AvgIpc) is 2.67. The Balaban J connectivity index is 2.21. The van der Waals surface area contributed by atoms with Crippen molar-refractivity contribution in [2.75, 3.05) is 10.0 Å². The molecule has 0 atom stereocenters. The number of carbonyl (C=O) groups is 1.